The maximum absolute atomic E-state index is 11.6. The summed E-state index contributed by atoms with van der Waals surface area (Å²) >= 11 is 0. The van der Waals surface area contributed by atoms with Crippen molar-refractivity contribution in [3.63, 3.8) is 0 Å². The van der Waals surface area contributed by atoms with Gasteiger partial charge in [-0.25, -0.2) is 9.67 Å². The number of amides is 1. The average Bonchev–Trinajstić information content (AvgIpc) is 2.70. The monoisotopic (exact) mass is 224 g/mol. The zero-order valence-electron chi connectivity index (χ0n) is 9.42. The highest BCUT2D eigenvalue weighted by molar-refractivity contribution is 5.76. The first-order valence-corrected chi connectivity index (χ1v) is 5.30. The highest BCUT2D eigenvalue weighted by Crippen LogP contribution is 2.40. The van der Waals surface area contributed by atoms with Gasteiger partial charge in [-0.3, -0.25) is 4.79 Å². The van der Waals surface area contributed by atoms with Crippen molar-refractivity contribution in [2.75, 3.05) is 0 Å². The second-order valence-corrected chi connectivity index (χ2v) is 4.79. The molecule has 1 aliphatic rings. The molecule has 6 heteroatoms. The first-order valence-electron chi connectivity index (χ1n) is 5.30. The fourth-order valence-electron chi connectivity index (χ4n) is 1.85. The molecule has 1 amide bonds. The van der Waals surface area contributed by atoms with Gasteiger partial charge in [0.05, 0.1) is 6.10 Å². The Kier molecular flexibility index (Phi) is 2.67. The number of carbonyl (C=O) groups excluding carboxylic acids is 1. The summed E-state index contributed by atoms with van der Waals surface area (Å²) in [5.41, 5.74) is -0.238. The Morgan fingerprint density at radius 1 is 1.69 bits per heavy atom. The van der Waals surface area contributed by atoms with Gasteiger partial charge in [0.1, 0.15) is 19.2 Å². The number of nitrogens with one attached hydrogen (secondary N) is 1. The lowest BCUT2D eigenvalue weighted by Gasteiger charge is -2.49. The van der Waals surface area contributed by atoms with Crippen molar-refractivity contribution in [1.29, 1.82) is 0 Å². The molecule has 0 aliphatic heterocycles. The molecular formula is C10H16N4O2. The summed E-state index contributed by atoms with van der Waals surface area (Å²) in [6.07, 6.45) is 3.19. The fraction of sp³-hybridized carbons (Fsp3) is 0.700. The Bertz CT molecular complexity index is 374. The molecule has 0 bridgehead atoms. The van der Waals surface area contributed by atoms with Gasteiger partial charge >= 0.3 is 0 Å². The van der Waals surface area contributed by atoms with E-state index in [-0.39, 0.29) is 30.0 Å². The predicted octanol–water partition coefficient (Wildman–Crippen LogP) is -0.446. The quantitative estimate of drug-likeness (QED) is 0.729. The van der Waals surface area contributed by atoms with Gasteiger partial charge in [0, 0.05) is 11.5 Å². The lowest BCUT2D eigenvalue weighted by molar-refractivity contribution is -0.130. The molecule has 0 spiro atoms. The van der Waals surface area contributed by atoms with Crippen molar-refractivity contribution in [3.8, 4) is 0 Å². The Morgan fingerprint density at radius 3 is 2.94 bits per heavy atom. The number of hydrogen-bond acceptors (Lipinski definition) is 4. The third-order valence-corrected chi connectivity index (χ3v) is 3.32. The molecule has 1 fully saturated rings. The maximum Gasteiger partial charge on any atom is 0.242 e. The first kappa shape index (κ1) is 11.1. The topological polar surface area (TPSA) is 80.0 Å². The molecule has 0 aromatic carbocycles. The number of carbonyl (C=O) groups is 1. The Balaban J connectivity index is 1.85. The first-order chi connectivity index (χ1) is 7.50. The SMILES string of the molecule is CC1(C)C(O)CC1NC(=O)Cn1cncn1. The van der Waals surface area contributed by atoms with E-state index < -0.39 is 0 Å². The smallest absolute Gasteiger partial charge is 0.242 e. The van der Waals surface area contributed by atoms with Crippen molar-refractivity contribution in [2.24, 2.45) is 5.41 Å². The summed E-state index contributed by atoms with van der Waals surface area (Å²) in [5.74, 6) is -0.101. The molecule has 2 unspecified atom stereocenters. The normalized spacial score (nSPS) is 27.2. The molecule has 88 valence electrons. The predicted molar refractivity (Wildman–Crippen MR) is 56.4 cm³/mol. The van der Waals surface area contributed by atoms with Crippen LogP contribution in [0.1, 0.15) is 20.3 Å². The van der Waals surface area contributed by atoms with E-state index in [0.29, 0.717) is 6.42 Å². The van der Waals surface area contributed by atoms with Gasteiger partial charge in [-0.2, -0.15) is 5.10 Å². The largest absolute Gasteiger partial charge is 0.392 e. The Hall–Kier alpha value is -1.43. The number of aliphatic hydroxyl groups is 1. The molecule has 1 aromatic heterocycles. The third-order valence-electron chi connectivity index (χ3n) is 3.32. The van der Waals surface area contributed by atoms with Crippen LogP contribution in [0, 0.1) is 5.41 Å². The summed E-state index contributed by atoms with van der Waals surface area (Å²) in [7, 11) is 0. The van der Waals surface area contributed by atoms with Crippen LogP contribution in [0.4, 0.5) is 0 Å². The molecule has 16 heavy (non-hydrogen) atoms. The van der Waals surface area contributed by atoms with Gasteiger partial charge in [-0.1, -0.05) is 13.8 Å². The van der Waals surface area contributed by atoms with Crippen LogP contribution in [0.25, 0.3) is 0 Å². The average molecular weight is 224 g/mol. The van der Waals surface area contributed by atoms with Crippen LogP contribution in [-0.2, 0) is 11.3 Å². The van der Waals surface area contributed by atoms with Gasteiger partial charge in [0.2, 0.25) is 5.91 Å². The molecule has 1 aliphatic carbocycles. The maximum atomic E-state index is 11.6. The standard InChI is InChI=1S/C10H16N4O2/c1-10(2)7(3-8(10)15)13-9(16)4-14-6-11-5-12-14/h5-8,15H,3-4H2,1-2H3,(H,13,16). The minimum absolute atomic E-state index is 0.0403. The minimum Gasteiger partial charge on any atom is -0.392 e. The zero-order valence-corrected chi connectivity index (χ0v) is 9.42. The van der Waals surface area contributed by atoms with Crippen molar-refractivity contribution >= 4 is 5.91 Å². The lowest BCUT2D eigenvalue weighted by atomic mass is 9.64. The number of rotatable bonds is 3. The van der Waals surface area contributed by atoms with E-state index >= 15 is 0 Å². The summed E-state index contributed by atoms with van der Waals surface area (Å²) < 4.78 is 1.47. The third kappa shape index (κ3) is 1.92. The van der Waals surface area contributed by atoms with E-state index in [4.69, 9.17) is 0 Å². The van der Waals surface area contributed by atoms with Crippen LogP contribution in [0.2, 0.25) is 0 Å². The van der Waals surface area contributed by atoms with Gasteiger partial charge < -0.3 is 10.4 Å². The van der Waals surface area contributed by atoms with Gasteiger partial charge in [0.15, 0.2) is 0 Å². The van der Waals surface area contributed by atoms with E-state index in [1.165, 1.54) is 17.3 Å². The second-order valence-electron chi connectivity index (χ2n) is 4.79. The van der Waals surface area contributed by atoms with Crippen LogP contribution in [0.3, 0.4) is 0 Å². The van der Waals surface area contributed by atoms with Gasteiger partial charge in [-0.05, 0) is 6.42 Å². The van der Waals surface area contributed by atoms with E-state index in [0.717, 1.165) is 0 Å². The molecule has 2 atom stereocenters. The lowest BCUT2D eigenvalue weighted by Crippen LogP contribution is -2.61. The van der Waals surface area contributed by atoms with Crippen LogP contribution in [-0.4, -0.2) is 37.9 Å². The summed E-state index contributed by atoms with van der Waals surface area (Å²) in [5, 5.41) is 16.3. The molecule has 1 heterocycles. The number of aliphatic hydroxyl groups excluding tert-OH is 1. The molecule has 0 saturated heterocycles. The van der Waals surface area contributed by atoms with E-state index in [1.807, 2.05) is 13.8 Å². The van der Waals surface area contributed by atoms with Gasteiger partial charge in [-0.15, -0.1) is 0 Å². The van der Waals surface area contributed by atoms with Crippen molar-refractivity contribution in [2.45, 2.75) is 39.0 Å². The Labute approximate surface area is 93.7 Å². The van der Waals surface area contributed by atoms with E-state index in [9.17, 15) is 9.90 Å². The summed E-state index contributed by atoms with van der Waals surface area (Å²) in [6.45, 7) is 4.06. The van der Waals surface area contributed by atoms with Crippen molar-refractivity contribution < 1.29 is 9.90 Å². The van der Waals surface area contributed by atoms with Crippen LogP contribution < -0.4 is 5.32 Å². The second kappa shape index (κ2) is 3.86. The molecule has 2 N–H and O–H groups in total. The highest BCUT2D eigenvalue weighted by atomic mass is 16.3. The minimum atomic E-state index is -0.329. The van der Waals surface area contributed by atoms with Crippen LogP contribution >= 0.6 is 0 Å². The highest BCUT2D eigenvalue weighted by Gasteiger charge is 2.47. The van der Waals surface area contributed by atoms with Crippen LogP contribution in [0.5, 0.6) is 0 Å². The molecule has 1 aromatic rings. The molecule has 6 nitrogen and oxygen atoms in total. The van der Waals surface area contributed by atoms with Crippen LogP contribution in [0.15, 0.2) is 12.7 Å². The van der Waals surface area contributed by atoms with Crippen molar-refractivity contribution in [3.05, 3.63) is 12.7 Å². The summed E-state index contributed by atoms with van der Waals surface area (Å²) in [6, 6.07) is 0.0403. The molecule has 2 rings (SSSR count). The van der Waals surface area contributed by atoms with E-state index in [2.05, 4.69) is 15.4 Å². The molecular weight excluding hydrogens is 208 g/mol. The molecule has 0 radical (unpaired) electrons. The van der Waals surface area contributed by atoms with Gasteiger partial charge in [0.25, 0.3) is 0 Å². The number of hydrogen-bond donors (Lipinski definition) is 2. The number of aromatic nitrogens is 3. The van der Waals surface area contributed by atoms with E-state index in [1.54, 1.807) is 0 Å². The number of nitrogens with zero attached hydrogens (tertiary/aromatic N) is 3. The van der Waals surface area contributed by atoms with Crippen molar-refractivity contribution in [1.82, 2.24) is 20.1 Å². The zero-order chi connectivity index (χ0) is 11.8. The molecule has 1 saturated carbocycles. The Morgan fingerprint density at radius 2 is 2.44 bits per heavy atom. The fourth-order valence-corrected chi connectivity index (χ4v) is 1.85. The summed E-state index contributed by atoms with van der Waals surface area (Å²) in [4.78, 5) is 15.4.